The van der Waals surface area contributed by atoms with Crippen molar-refractivity contribution in [3.8, 4) is 11.6 Å². The third-order valence-corrected chi connectivity index (χ3v) is 4.89. The molecule has 1 aliphatic heterocycles. The van der Waals surface area contributed by atoms with Crippen LogP contribution in [0.2, 0.25) is 0 Å². The van der Waals surface area contributed by atoms with Gasteiger partial charge >= 0.3 is 6.09 Å². The molecule has 1 aromatic heterocycles. The third kappa shape index (κ3) is 6.09. The van der Waals surface area contributed by atoms with Gasteiger partial charge in [0, 0.05) is 30.4 Å². The minimum atomic E-state index is -0.556. The van der Waals surface area contributed by atoms with Gasteiger partial charge < -0.3 is 20.1 Å². The molecule has 0 bridgehead atoms. The molecule has 0 saturated carbocycles. The van der Waals surface area contributed by atoms with Gasteiger partial charge in [-0.1, -0.05) is 26.0 Å². The Balaban J connectivity index is 1.83. The first-order valence-electron chi connectivity index (χ1n) is 10.8. The highest BCUT2D eigenvalue weighted by molar-refractivity contribution is 5.93. The van der Waals surface area contributed by atoms with Crippen LogP contribution < -0.4 is 10.5 Å². The van der Waals surface area contributed by atoms with Gasteiger partial charge in [-0.3, -0.25) is 4.79 Å². The van der Waals surface area contributed by atoms with Gasteiger partial charge in [0.1, 0.15) is 11.4 Å². The van der Waals surface area contributed by atoms with Gasteiger partial charge in [0.25, 0.3) is 0 Å². The number of hydrogen-bond donors (Lipinski definition) is 1. The molecule has 32 heavy (non-hydrogen) atoms. The Kier molecular flexibility index (Phi) is 6.87. The van der Waals surface area contributed by atoms with Crippen molar-refractivity contribution in [2.24, 2.45) is 11.7 Å². The molecular formula is C25H31N3O4. The minimum Gasteiger partial charge on any atom is -0.444 e. The van der Waals surface area contributed by atoms with Crippen molar-refractivity contribution >= 4 is 24.2 Å². The molecule has 0 spiro atoms. The van der Waals surface area contributed by atoms with Gasteiger partial charge in [-0.15, -0.1) is 0 Å². The fourth-order valence-corrected chi connectivity index (χ4v) is 3.21. The summed E-state index contributed by atoms with van der Waals surface area (Å²) < 4.78 is 11.6. The van der Waals surface area contributed by atoms with Crippen molar-refractivity contribution in [1.82, 2.24) is 9.88 Å². The lowest BCUT2D eigenvalue weighted by molar-refractivity contribution is 0.0225. The maximum atomic E-state index is 12.8. The number of fused-ring (bicyclic) bond motifs is 2. The maximum Gasteiger partial charge on any atom is 0.410 e. The SMILES string of the molecule is CC(C)CCN(Cc1ccc2c(c1)C=Cc1cc(C(N)=O)cnc1O2)C(=O)OC(C)(C)C. The first-order chi connectivity index (χ1) is 15.0. The molecule has 170 valence electrons. The molecule has 0 unspecified atom stereocenters. The maximum absolute atomic E-state index is 12.8. The van der Waals surface area contributed by atoms with Crippen LogP contribution in [0.5, 0.6) is 11.6 Å². The summed E-state index contributed by atoms with van der Waals surface area (Å²) >= 11 is 0. The summed E-state index contributed by atoms with van der Waals surface area (Å²) in [6.07, 6.45) is 5.71. The fraction of sp³-hybridized carbons (Fsp3) is 0.400. The zero-order valence-electron chi connectivity index (χ0n) is 19.3. The summed E-state index contributed by atoms with van der Waals surface area (Å²) in [4.78, 5) is 30.2. The summed E-state index contributed by atoms with van der Waals surface area (Å²) in [5, 5.41) is 0. The summed E-state index contributed by atoms with van der Waals surface area (Å²) in [7, 11) is 0. The van der Waals surface area contributed by atoms with Gasteiger partial charge in [0.15, 0.2) is 0 Å². The number of nitrogens with zero attached hydrogens (tertiary/aromatic N) is 2. The van der Waals surface area contributed by atoms with Crippen molar-refractivity contribution in [2.45, 2.75) is 53.2 Å². The van der Waals surface area contributed by atoms with E-state index in [-0.39, 0.29) is 6.09 Å². The Morgan fingerprint density at radius 2 is 1.88 bits per heavy atom. The van der Waals surface area contributed by atoms with Gasteiger partial charge in [0.2, 0.25) is 11.8 Å². The molecule has 3 rings (SSSR count). The minimum absolute atomic E-state index is 0.321. The molecule has 1 aromatic carbocycles. The van der Waals surface area contributed by atoms with E-state index in [4.69, 9.17) is 15.2 Å². The van der Waals surface area contributed by atoms with Crippen molar-refractivity contribution in [1.29, 1.82) is 0 Å². The van der Waals surface area contributed by atoms with E-state index in [1.807, 2.05) is 51.1 Å². The van der Waals surface area contributed by atoms with E-state index in [1.165, 1.54) is 6.20 Å². The molecular weight excluding hydrogens is 406 g/mol. The molecule has 2 N–H and O–H groups in total. The number of carbonyl (C=O) groups is 2. The van der Waals surface area contributed by atoms with Crippen LogP contribution in [0.25, 0.3) is 12.2 Å². The molecule has 7 nitrogen and oxygen atoms in total. The molecule has 7 heteroatoms. The monoisotopic (exact) mass is 437 g/mol. The molecule has 0 radical (unpaired) electrons. The van der Waals surface area contributed by atoms with Crippen LogP contribution in [0, 0.1) is 5.92 Å². The zero-order valence-corrected chi connectivity index (χ0v) is 19.3. The number of carbonyl (C=O) groups excluding carboxylic acids is 2. The molecule has 0 saturated heterocycles. The summed E-state index contributed by atoms with van der Waals surface area (Å²) in [6, 6.07) is 7.44. The Bertz CT molecular complexity index is 1040. The molecule has 2 heterocycles. The van der Waals surface area contributed by atoms with Crippen molar-refractivity contribution in [2.75, 3.05) is 6.54 Å². The first-order valence-corrected chi connectivity index (χ1v) is 10.8. The molecule has 2 aromatic rings. The number of primary amides is 1. The van der Waals surface area contributed by atoms with E-state index in [1.54, 1.807) is 11.0 Å². The average Bonchev–Trinajstić information content (AvgIpc) is 2.87. The van der Waals surface area contributed by atoms with Gasteiger partial charge in [0.05, 0.1) is 5.56 Å². The van der Waals surface area contributed by atoms with E-state index >= 15 is 0 Å². The van der Waals surface area contributed by atoms with E-state index in [9.17, 15) is 9.59 Å². The number of ether oxygens (including phenoxy) is 2. The number of nitrogens with two attached hydrogens (primary N) is 1. The topological polar surface area (TPSA) is 94.8 Å². The summed E-state index contributed by atoms with van der Waals surface area (Å²) in [5.74, 6) is 0.986. The van der Waals surface area contributed by atoms with E-state index in [2.05, 4.69) is 18.8 Å². The highest BCUT2D eigenvalue weighted by Crippen LogP contribution is 2.33. The highest BCUT2D eigenvalue weighted by atomic mass is 16.6. The van der Waals surface area contributed by atoms with Gasteiger partial charge in [-0.05, 0) is 62.9 Å². The quantitative estimate of drug-likeness (QED) is 0.569. The summed E-state index contributed by atoms with van der Waals surface area (Å²) in [5.41, 5.74) is 7.61. The van der Waals surface area contributed by atoms with Gasteiger partial charge in [-0.25, -0.2) is 9.78 Å². The first kappa shape index (κ1) is 23.3. The predicted molar refractivity (Wildman–Crippen MR) is 124 cm³/mol. The zero-order chi connectivity index (χ0) is 23.5. The van der Waals surface area contributed by atoms with Crippen LogP contribution in [0.1, 0.15) is 68.1 Å². The number of benzene rings is 1. The standard InChI is InChI=1S/C25H31N3O4/c1-16(2)10-11-28(24(30)32-25(3,4)5)15-17-6-9-21-18(12-17)7-8-19-13-20(22(26)29)14-27-23(19)31-21/h6-9,12-14,16H,10-11,15H2,1-5H3,(H2,26,29). The average molecular weight is 438 g/mol. The predicted octanol–water partition coefficient (Wildman–Crippen LogP) is 5.24. The third-order valence-electron chi connectivity index (χ3n) is 4.89. The fourth-order valence-electron chi connectivity index (χ4n) is 3.21. The van der Waals surface area contributed by atoms with Crippen LogP contribution in [0.3, 0.4) is 0 Å². The number of amides is 2. The molecule has 2 amide bonds. The molecule has 1 aliphatic rings. The molecule has 0 atom stereocenters. The van der Waals surface area contributed by atoms with Crippen LogP contribution in [0.4, 0.5) is 4.79 Å². The van der Waals surface area contributed by atoms with E-state index < -0.39 is 11.5 Å². The normalized spacial score (nSPS) is 12.4. The van der Waals surface area contributed by atoms with Crippen LogP contribution in [-0.4, -0.2) is 34.0 Å². The lowest BCUT2D eigenvalue weighted by Gasteiger charge is -2.28. The number of hydrogen-bond acceptors (Lipinski definition) is 5. The molecule has 0 fully saturated rings. The van der Waals surface area contributed by atoms with E-state index in [0.29, 0.717) is 41.8 Å². The summed E-state index contributed by atoms with van der Waals surface area (Å²) in [6.45, 7) is 10.9. The van der Waals surface area contributed by atoms with Gasteiger partial charge in [-0.2, -0.15) is 0 Å². The number of aromatic nitrogens is 1. The Labute approximate surface area is 189 Å². The second kappa shape index (κ2) is 9.42. The lowest BCUT2D eigenvalue weighted by Crippen LogP contribution is -2.37. The highest BCUT2D eigenvalue weighted by Gasteiger charge is 2.23. The largest absolute Gasteiger partial charge is 0.444 e. The Morgan fingerprint density at radius 1 is 1.16 bits per heavy atom. The Morgan fingerprint density at radius 3 is 2.53 bits per heavy atom. The van der Waals surface area contributed by atoms with Crippen LogP contribution >= 0.6 is 0 Å². The second-order valence-electron chi connectivity index (χ2n) is 9.37. The smallest absolute Gasteiger partial charge is 0.410 e. The van der Waals surface area contributed by atoms with Crippen molar-refractivity contribution in [3.05, 3.63) is 52.7 Å². The lowest BCUT2D eigenvalue weighted by atomic mass is 10.1. The molecule has 0 aliphatic carbocycles. The Hall–Kier alpha value is -3.35. The number of pyridine rings is 1. The second-order valence-corrected chi connectivity index (χ2v) is 9.37. The van der Waals surface area contributed by atoms with Crippen LogP contribution in [-0.2, 0) is 11.3 Å². The van der Waals surface area contributed by atoms with E-state index in [0.717, 1.165) is 17.5 Å². The van der Waals surface area contributed by atoms with Crippen molar-refractivity contribution in [3.63, 3.8) is 0 Å². The number of rotatable bonds is 6. The van der Waals surface area contributed by atoms with Crippen molar-refractivity contribution < 1.29 is 19.1 Å². The van der Waals surface area contributed by atoms with Crippen LogP contribution in [0.15, 0.2) is 30.5 Å².